The van der Waals surface area contributed by atoms with Crippen LogP contribution in [-0.4, -0.2) is 103 Å². The van der Waals surface area contributed by atoms with Gasteiger partial charge in [-0.2, -0.15) is 10.2 Å². The fourth-order valence-corrected chi connectivity index (χ4v) is 7.82. The summed E-state index contributed by atoms with van der Waals surface area (Å²) in [7, 11) is 1.47. The highest BCUT2D eigenvalue weighted by atomic mass is 16.6. The molecule has 24 heteroatoms. The molecule has 0 fully saturated rings. The van der Waals surface area contributed by atoms with Crippen LogP contribution >= 0.6 is 0 Å². The maximum Gasteiger partial charge on any atom is 0.407 e. The van der Waals surface area contributed by atoms with E-state index >= 15 is 0 Å². The molecule has 0 aliphatic heterocycles. The van der Waals surface area contributed by atoms with Crippen LogP contribution in [0.15, 0.2) is 54.7 Å². The lowest BCUT2D eigenvalue weighted by Gasteiger charge is -2.19. The van der Waals surface area contributed by atoms with E-state index in [2.05, 4.69) is 36.5 Å². The number of alkyl carbamates (subject to hydrolysis) is 1. The lowest BCUT2D eigenvalue weighted by molar-refractivity contribution is 0.0522. The number of anilines is 2. The molecule has 7 aromatic rings. The first-order valence-corrected chi connectivity index (χ1v) is 22.9. The van der Waals surface area contributed by atoms with Gasteiger partial charge in [0, 0.05) is 37.3 Å². The molecule has 5 heterocycles. The van der Waals surface area contributed by atoms with Gasteiger partial charge < -0.3 is 40.1 Å². The van der Waals surface area contributed by atoms with Crippen molar-refractivity contribution in [2.24, 2.45) is 11.5 Å². The van der Waals surface area contributed by atoms with E-state index in [0.29, 0.717) is 95.3 Å². The van der Waals surface area contributed by atoms with Crippen LogP contribution in [0.4, 0.5) is 16.7 Å². The number of nitrogens with two attached hydrogens (primary N) is 2. The van der Waals surface area contributed by atoms with E-state index in [0.717, 1.165) is 0 Å². The Kier molecular flexibility index (Phi) is 15.2. The predicted octanol–water partition coefficient (Wildman–Crippen LogP) is 4.88. The molecule has 5 amide bonds. The lowest BCUT2D eigenvalue weighted by atomic mass is 10.1. The second kappa shape index (κ2) is 21.4. The summed E-state index contributed by atoms with van der Waals surface area (Å²) < 4.78 is 25.7. The van der Waals surface area contributed by atoms with Crippen LogP contribution in [0.3, 0.4) is 0 Å². The number of ether oxygens (including phenoxy) is 3. The molecule has 0 saturated carbocycles. The van der Waals surface area contributed by atoms with Gasteiger partial charge in [-0.3, -0.25) is 39.2 Å². The molecule has 5 aromatic heterocycles. The fourth-order valence-electron chi connectivity index (χ4n) is 7.82. The van der Waals surface area contributed by atoms with Gasteiger partial charge in [-0.15, -0.1) is 5.10 Å². The van der Waals surface area contributed by atoms with E-state index < -0.39 is 35.3 Å². The van der Waals surface area contributed by atoms with Crippen molar-refractivity contribution in [3.8, 4) is 11.5 Å². The summed E-state index contributed by atoms with van der Waals surface area (Å²) in [6, 6.07) is 9.51. The molecule has 0 atom stereocenters. The first kappa shape index (κ1) is 50.3. The van der Waals surface area contributed by atoms with Crippen molar-refractivity contribution >= 4 is 63.7 Å². The van der Waals surface area contributed by atoms with E-state index in [-0.39, 0.29) is 48.5 Å². The average molecular weight is 975 g/mol. The van der Waals surface area contributed by atoms with Crippen molar-refractivity contribution in [3.05, 3.63) is 94.3 Å². The molecule has 0 unspecified atom stereocenters. The maximum atomic E-state index is 13.9. The highest BCUT2D eigenvalue weighted by Crippen LogP contribution is 2.34. The molecule has 24 nitrogen and oxygen atoms in total. The molecule has 374 valence electrons. The summed E-state index contributed by atoms with van der Waals surface area (Å²) in [4.78, 5) is 74.2. The average Bonchev–Trinajstić information content (AvgIpc) is 4.16. The fraction of sp³-hybridized carbons (Fsp3) is 0.383. The van der Waals surface area contributed by atoms with Crippen molar-refractivity contribution < 1.29 is 38.2 Å². The van der Waals surface area contributed by atoms with Crippen molar-refractivity contribution in [1.82, 2.24) is 59.0 Å². The number of rotatable bonds is 21. The topological polar surface area (TPSA) is 303 Å². The number of benzene rings is 2. The number of carbonyl (C=O) groups is 5. The van der Waals surface area contributed by atoms with E-state index in [1.807, 2.05) is 24.5 Å². The van der Waals surface area contributed by atoms with Gasteiger partial charge in [0.1, 0.15) is 51.8 Å². The molecule has 0 spiro atoms. The molecular weight excluding hydrogens is 917 g/mol. The largest absolute Gasteiger partial charge is 0.494 e. The summed E-state index contributed by atoms with van der Waals surface area (Å²) in [6.45, 7) is 14.7. The lowest BCUT2D eigenvalue weighted by Crippen LogP contribution is -2.32. The monoisotopic (exact) mass is 974 g/mol. The smallest absolute Gasteiger partial charge is 0.407 e. The van der Waals surface area contributed by atoms with Gasteiger partial charge >= 0.3 is 6.09 Å². The number of amides is 5. The van der Waals surface area contributed by atoms with Crippen LogP contribution in [0.5, 0.6) is 11.5 Å². The Hall–Kier alpha value is -8.57. The van der Waals surface area contributed by atoms with Crippen molar-refractivity contribution in [2.75, 3.05) is 24.4 Å². The molecule has 0 saturated heterocycles. The number of aryl methyl sites for hydroxylation is 6. The molecule has 0 aliphatic carbocycles. The first-order valence-electron chi connectivity index (χ1n) is 22.9. The highest BCUT2D eigenvalue weighted by Gasteiger charge is 2.25. The summed E-state index contributed by atoms with van der Waals surface area (Å²) in [5, 5.41) is 25.6. The van der Waals surface area contributed by atoms with E-state index in [1.54, 1.807) is 83.7 Å². The van der Waals surface area contributed by atoms with Gasteiger partial charge in [-0.05, 0) is 104 Å². The quantitative estimate of drug-likeness (QED) is 0.0474. The second-order valence-corrected chi connectivity index (χ2v) is 17.4. The van der Waals surface area contributed by atoms with Crippen LogP contribution in [0.2, 0.25) is 0 Å². The summed E-state index contributed by atoms with van der Waals surface area (Å²) in [5.41, 5.74) is 15.4. The molecule has 0 aliphatic rings. The number of nitrogens with zero attached hydrogens (tertiary/aromatic N) is 11. The molecule has 0 radical (unpaired) electrons. The number of hydrogen-bond donors (Lipinski definition) is 5. The molecule has 0 bridgehead atoms. The molecule has 2 aromatic carbocycles. The zero-order valence-electron chi connectivity index (χ0n) is 40.9. The number of fused-ring (bicyclic) bond motifs is 2. The van der Waals surface area contributed by atoms with E-state index in [4.69, 9.17) is 35.6 Å². The Morgan fingerprint density at radius 2 is 1.25 bits per heavy atom. The minimum absolute atomic E-state index is 0.0566. The standard InChI is InChI=1S/C47H58N16O8/c1-9-62-34(19-27(3)56-62)42(66)53-44-51-32-21-29(40(48)64)23-36(69-8)38(32)60(44)16-11-12-17-61-39-33(52-45(61)54-43(67)35-20-28(4)57-63(35)10-2)22-30(41(49)65)24-37(39)70-18-14-13-15-59-26-31(55-58-59)25-50-46(68)71-47(5,6)7/h13-14,19-24,26H,9-12,15-18,25H2,1-8H3,(H2,48,64)(H2,49,65)(H,50,68)(H,51,53,66)(H,52,54,67)/b14-13+. The van der Waals surface area contributed by atoms with Gasteiger partial charge in [-0.25, -0.2) is 19.4 Å². The van der Waals surface area contributed by atoms with Crippen LogP contribution in [-0.2, 0) is 44.0 Å². The van der Waals surface area contributed by atoms with E-state index in [1.165, 1.54) is 25.3 Å². The van der Waals surface area contributed by atoms with Crippen LogP contribution in [0, 0.1) is 13.8 Å². The Morgan fingerprint density at radius 3 is 1.75 bits per heavy atom. The van der Waals surface area contributed by atoms with Crippen molar-refractivity contribution in [1.29, 1.82) is 0 Å². The normalized spacial score (nSPS) is 11.7. The zero-order chi connectivity index (χ0) is 51.1. The van der Waals surface area contributed by atoms with Gasteiger partial charge in [0.05, 0.1) is 48.8 Å². The highest BCUT2D eigenvalue weighted by molar-refractivity contribution is 6.05. The molecular formula is C47H58N16O8. The van der Waals surface area contributed by atoms with Gasteiger partial charge in [0.2, 0.25) is 23.7 Å². The number of imidazole rings is 2. The van der Waals surface area contributed by atoms with Crippen molar-refractivity contribution in [2.45, 2.75) is 106 Å². The van der Waals surface area contributed by atoms with Crippen LogP contribution < -0.4 is 36.9 Å². The number of primary amides is 2. The Morgan fingerprint density at radius 1 is 0.732 bits per heavy atom. The Labute approximate surface area is 407 Å². The molecule has 7 rings (SSSR count). The van der Waals surface area contributed by atoms with E-state index in [9.17, 15) is 24.0 Å². The summed E-state index contributed by atoms with van der Waals surface area (Å²) >= 11 is 0. The summed E-state index contributed by atoms with van der Waals surface area (Å²) in [6.07, 6.45) is 5.67. The SMILES string of the molecule is CCn1nc(C)cc1C(=O)Nc1nc2cc(C(N)=O)cc(OC)c2n1CCCCn1c(NC(=O)c2cc(C)nn2CC)nc2cc(C(N)=O)cc(OC/C=C/Cn3cc(CNC(=O)OC(C)(C)C)nn3)c21. The number of unbranched alkanes of at least 4 members (excludes halogenated alkanes) is 1. The Bertz CT molecular complexity index is 3170. The van der Waals surface area contributed by atoms with Crippen LogP contribution in [0.25, 0.3) is 22.1 Å². The van der Waals surface area contributed by atoms with Gasteiger partial charge in [0.25, 0.3) is 11.8 Å². The van der Waals surface area contributed by atoms with Crippen LogP contribution in [0.1, 0.15) is 106 Å². The second-order valence-electron chi connectivity index (χ2n) is 17.4. The maximum absolute atomic E-state index is 13.9. The summed E-state index contributed by atoms with van der Waals surface area (Å²) in [5.74, 6) is -1.27. The Balaban J connectivity index is 1.16. The number of allylic oxidation sites excluding steroid dienone is 1. The zero-order valence-corrected chi connectivity index (χ0v) is 40.9. The minimum atomic E-state index is -0.707. The minimum Gasteiger partial charge on any atom is -0.494 e. The third-order valence-electron chi connectivity index (χ3n) is 10.9. The number of methoxy groups -OCH3 is 1. The predicted molar refractivity (Wildman–Crippen MR) is 261 cm³/mol. The van der Waals surface area contributed by atoms with Crippen molar-refractivity contribution in [3.63, 3.8) is 0 Å². The number of hydrogen-bond acceptors (Lipinski definition) is 14. The third-order valence-corrected chi connectivity index (χ3v) is 10.9. The van der Waals surface area contributed by atoms with Gasteiger partial charge in [0.15, 0.2) is 0 Å². The number of nitrogens with one attached hydrogen (secondary N) is 3. The third kappa shape index (κ3) is 11.8. The first-order chi connectivity index (χ1) is 33.9. The van der Waals surface area contributed by atoms with Gasteiger partial charge in [-0.1, -0.05) is 11.3 Å². The number of aromatic nitrogens is 11. The molecule has 7 N–H and O–H groups in total. The molecule has 71 heavy (non-hydrogen) atoms. The number of carbonyl (C=O) groups excluding carboxylic acids is 5.